The summed E-state index contributed by atoms with van der Waals surface area (Å²) in [5.74, 6) is -2.61. The van der Waals surface area contributed by atoms with Crippen LogP contribution in [0.1, 0.15) is 11.1 Å². The summed E-state index contributed by atoms with van der Waals surface area (Å²) in [7, 11) is 0. The molecule has 0 aliphatic carbocycles. The number of aryl methyl sites for hydroxylation is 1. The number of imide groups is 2. The molecule has 1 aliphatic rings. The number of nitrogens with zero attached hydrogens (tertiary/aromatic N) is 3. The molecule has 1 atom stereocenters. The molecule has 0 bridgehead atoms. The number of nitrogens with one attached hydrogen (secondary N) is 1. The van der Waals surface area contributed by atoms with Crippen molar-refractivity contribution in [3.05, 3.63) is 59.7 Å². The Morgan fingerprint density at radius 2 is 1.73 bits per heavy atom. The fourth-order valence-corrected chi connectivity index (χ4v) is 2.44. The van der Waals surface area contributed by atoms with Gasteiger partial charge >= 0.3 is 6.03 Å². The minimum atomic E-state index is -1.22. The number of carbonyl (C=O) groups excluding carboxylic acids is 3. The van der Waals surface area contributed by atoms with Gasteiger partial charge in [-0.15, -0.1) is 0 Å². The van der Waals surface area contributed by atoms with Gasteiger partial charge in [-0.1, -0.05) is 17.7 Å². The molecular weight excluding hydrogens is 332 g/mol. The highest BCUT2D eigenvalue weighted by molar-refractivity contribution is 6.32. The second kappa shape index (κ2) is 6.99. The summed E-state index contributed by atoms with van der Waals surface area (Å²) in [4.78, 5) is 41.9. The van der Waals surface area contributed by atoms with Crippen LogP contribution in [0.4, 0.5) is 16.2 Å². The molecule has 1 saturated heterocycles. The van der Waals surface area contributed by atoms with Crippen molar-refractivity contribution in [2.75, 3.05) is 4.90 Å². The standard InChI is InChI=1S/C19H14N4O3/c1-12-2-8-15(9-3-12)23-18(25)16(17(24)22-19(23)26)11-21-14-6-4-13(10-20)5-7-14/h2-9,11,16H,1H3,(H,22,24,26)/t16-/m0/s1. The quantitative estimate of drug-likeness (QED) is 0.681. The molecule has 0 spiro atoms. The number of benzene rings is 2. The molecule has 2 aromatic rings. The Bertz CT molecular complexity index is 940. The van der Waals surface area contributed by atoms with Gasteiger partial charge in [0.05, 0.1) is 23.0 Å². The van der Waals surface area contributed by atoms with E-state index in [1.807, 2.05) is 13.0 Å². The number of urea groups is 1. The first-order chi connectivity index (χ1) is 12.5. The van der Waals surface area contributed by atoms with Crippen molar-refractivity contribution in [3.63, 3.8) is 0 Å². The topological polar surface area (TPSA) is 103 Å². The maximum absolute atomic E-state index is 12.7. The van der Waals surface area contributed by atoms with Crippen LogP contribution in [0, 0.1) is 24.2 Å². The maximum Gasteiger partial charge on any atom is 0.335 e. The van der Waals surface area contributed by atoms with Gasteiger partial charge in [-0.05, 0) is 43.3 Å². The molecule has 3 rings (SSSR count). The number of hydrogen-bond donors (Lipinski definition) is 1. The van der Waals surface area contributed by atoms with Gasteiger partial charge in [0.2, 0.25) is 5.91 Å². The second-order valence-electron chi connectivity index (χ2n) is 5.72. The van der Waals surface area contributed by atoms with Gasteiger partial charge < -0.3 is 0 Å². The molecule has 1 fully saturated rings. The molecule has 0 radical (unpaired) electrons. The van der Waals surface area contributed by atoms with Gasteiger partial charge in [0.15, 0.2) is 5.92 Å². The molecule has 1 heterocycles. The van der Waals surface area contributed by atoms with E-state index < -0.39 is 23.8 Å². The predicted molar refractivity (Wildman–Crippen MR) is 95.0 cm³/mol. The van der Waals surface area contributed by atoms with Gasteiger partial charge in [0.1, 0.15) is 0 Å². The molecule has 7 heteroatoms. The van der Waals surface area contributed by atoms with Crippen molar-refractivity contribution in [3.8, 4) is 6.07 Å². The van der Waals surface area contributed by atoms with E-state index in [1.165, 1.54) is 6.21 Å². The Labute approximate surface area is 149 Å². The third-order valence-corrected chi connectivity index (χ3v) is 3.86. The number of barbiturate groups is 1. The average molecular weight is 346 g/mol. The third-order valence-electron chi connectivity index (χ3n) is 3.86. The summed E-state index contributed by atoms with van der Waals surface area (Å²) < 4.78 is 0. The molecule has 0 aromatic heterocycles. The molecule has 1 N–H and O–H groups in total. The van der Waals surface area contributed by atoms with Crippen molar-refractivity contribution in [2.24, 2.45) is 10.9 Å². The van der Waals surface area contributed by atoms with Crippen molar-refractivity contribution in [1.29, 1.82) is 5.26 Å². The van der Waals surface area contributed by atoms with Crippen LogP contribution in [0.5, 0.6) is 0 Å². The number of nitriles is 1. The van der Waals surface area contributed by atoms with Crippen LogP contribution < -0.4 is 10.2 Å². The lowest BCUT2D eigenvalue weighted by molar-refractivity contribution is -0.131. The number of carbonyl (C=O) groups is 3. The zero-order valence-corrected chi connectivity index (χ0v) is 13.8. The van der Waals surface area contributed by atoms with E-state index in [4.69, 9.17) is 5.26 Å². The van der Waals surface area contributed by atoms with Crippen LogP contribution in [0.25, 0.3) is 0 Å². The lowest BCUT2D eigenvalue weighted by Crippen LogP contribution is -2.58. The van der Waals surface area contributed by atoms with Gasteiger partial charge in [-0.2, -0.15) is 5.26 Å². The summed E-state index contributed by atoms with van der Waals surface area (Å²) >= 11 is 0. The van der Waals surface area contributed by atoms with Gasteiger partial charge in [-0.25, -0.2) is 9.69 Å². The van der Waals surface area contributed by atoms with Crippen LogP contribution in [-0.4, -0.2) is 24.1 Å². The van der Waals surface area contributed by atoms with Gasteiger partial charge in [0, 0.05) is 6.21 Å². The minimum Gasteiger partial charge on any atom is -0.276 e. The number of rotatable bonds is 3. The summed E-state index contributed by atoms with van der Waals surface area (Å²) in [6.07, 6.45) is 1.20. The summed E-state index contributed by atoms with van der Waals surface area (Å²) in [5, 5.41) is 11.0. The van der Waals surface area contributed by atoms with E-state index in [2.05, 4.69) is 10.3 Å². The third kappa shape index (κ3) is 3.35. The Morgan fingerprint density at radius 1 is 1.08 bits per heavy atom. The van der Waals surface area contributed by atoms with E-state index in [-0.39, 0.29) is 0 Å². The Hall–Kier alpha value is -3.79. The van der Waals surface area contributed by atoms with E-state index in [0.29, 0.717) is 16.9 Å². The number of aliphatic imine (C=N–C) groups is 1. The zero-order valence-electron chi connectivity index (χ0n) is 13.8. The average Bonchev–Trinajstić information content (AvgIpc) is 2.63. The molecule has 26 heavy (non-hydrogen) atoms. The molecule has 7 nitrogen and oxygen atoms in total. The van der Waals surface area contributed by atoms with Gasteiger partial charge in [0.25, 0.3) is 5.91 Å². The van der Waals surface area contributed by atoms with E-state index >= 15 is 0 Å². The highest BCUT2D eigenvalue weighted by atomic mass is 16.2. The van der Waals surface area contributed by atoms with E-state index in [1.54, 1.807) is 48.5 Å². The van der Waals surface area contributed by atoms with Crippen molar-refractivity contribution >= 4 is 35.4 Å². The fraction of sp³-hybridized carbons (Fsp3) is 0.105. The van der Waals surface area contributed by atoms with Gasteiger partial charge in [-0.3, -0.25) is 19.9 Å². The highest BCUT2D eigenvalue weighted by Crippen LogP contribution is 2.21. The van der Waals surface area contributed by atoms with E-state index in [0.717, 1.165) is 10.5 Å². The van der Waals surface area contributed by atoms with Crippen LogP contribution in [-0.2, 0) is 9.59 Å². The molecule has 128 valence electrons. The molecule has 2 aromatic carbocycles. The Kier molecular flexibility index (Phi) is 4.58. The summed E-state index contributed by atoms with van der Waals surface area (Å²) in [5.41, 5.74) is 2.32. The van der Waals surface area contributed by atoms with Crippen molar-refractivity contribution < 1.29 is 14.4 Å². The first kappa shape index (κ1) is 17.0. The largest absolute Gasteiger partial charge is 0.335 e. The summed E-state index contributed by atoms with van der Waals surface area (Å²) in [6.45, 7) is 1.89. The molecular formula is C19H14N4O3. The van der Waals surface area contributed by atoms with Crippen molar-refractivity contribution in [1.82, 2.24) is 5.32 Å². The number of anilines is 1. The fourth-order valence-electron chi connectivity index (χ4n) is 2.44. The molecule has 0 saturated carbocycles. The van der Waals surface area contributed by atoms with Crippen LogP contribution in [0.3, 0.4) is 0 Å². The lowest BCUT2D eigenvalue weighted by atomic mass is 10.1. The van der Waals surface area contributed by atoms with Crippen LogP contribution in [0.15, 0.2) is 53.5 Å². The first-order valence-electron chi connectivity index (χ1n) is 7.79. The monoisotopic (exact) mass is 346 g/mol. The Morgan fingerprint density at radius 3 is 2.35 bits per heavy atom. The predicted octanol–water partition coefficient (Wildman–Crippen LogP) is 2.47. The van der Waals surface area contributed by atoms with E-state index in [9.17, 15) is 14.4 Å². The smallest absolute Gasteiger partial charge is 0.276 e. The first-order valence-corrected chi connectivity index (χ1v) is 7.79. The second-order valence-corrected chi connectivity index (χ2v) is 5.72. The zero-order chi connectivity index (χ0) is 18.7. The van der Waals surface area contributed by atoms with Crippen molar-refractivity contribution in [2.45, 2.75) is 6.92 Å². The minimum absolute atomic E-state index is 0.377. The maximum atomic E-state index is 12.7. The highest BCUT2D eigenvalue weighted by Gasteiger charge is 2.40. The number of amides is 4. The van der Waals surface area contributed by atoms with Crippen LogP contribution >= 0.6 is 0 Å². The Balaban J connectivity index is 1.86. The molecule has 4 amide bonds. The SMILES string of the molecule is Cc1ccc(N2C(=O)NC(=O)[C@H](C=Nc3ccc(C#N)cc3)C2=O)cc1. The lowest BCUT2D eigenvalue weighted by Gasteiger charge is -2.28. The normalized spacial score (nSPS) is 17.3. The van der Waals surface area contributed by atoms with Crippen LogP contribution in [0.2, 0.25) is 0 Å². The molecule has 1 aliphatic heterocycles. The number of hydrogen-bond acceptors (Lipinski definition) is 5. The summed E-state index contributed by atoms with van der Waals surface area (Å²) in [6, 6.07) is 14.4. The molecule has 0 unspecified atom stereocenters.